The van der Waals surface area contributed by atoms with Gasteiger partial charge in [-0.05, 0) is 51.5 Å². The Bertz CT molecular complexity index is 640. The third-order valence-electron chi connectivity index (χ3n) is 5.00. The van der Waals surface area contributed by atoms with Crippen LogP contribution in [-0.2, 0) is 10.2 Å². The number of likely N-dealkylation sites (N-methyl/N-ethyl adjacent to an activating group) is 1. The summed E-state index contributed by atoms with van der Waals surface area (Å²) in [7, 11) is 1.77. The average Bonchev–Trinajstić information content (AvgIpc) is 2.69. The Hall–Kier alpha value is -1.26. The fourth-order valence-electron chi connectivity index (χ4n) is 3.67. The molecule has 1 saturated heterocycles. The summed E-state index contributed by atoms with van der Waals surface area (Å²) < 4.78 is 0. The van der Waals surface area contributed by atoms with Gasteiger partial charge >= 0.3 is 0 Å². The van der Waals surface area contributed by atoms with E-state index < -0.39 is 11.1 Å². The molecule has 1 fully saturated rings. The van der Waals surface area contributed by atoms with Crippen LogP contribution in [-0.4, -0.2) is 40.8 Å². The zero-order valence-electron chi connectivity index (χ0n) is 13.1. The summed E-state index contributed by atoms with van der Waals surface area (Å²) in [5, 5.41) is 11.9. The number of rotatable bonds is 0. The summed E-state index contributed by atoms with van der Waals surface area (Å²) in [6.45, 7) is 8.37. The van der Waals surface area contributed by atoms with E-state index in [1.807, 2.05) is 39.8 Å². The molecule has 4 nitrogen and oxygen atoms in total. The van der Waals surface area contributed by atoms with Crippen LogP contribution < -0.4 is 4.90 Å². The molecule has 0 spiro atoms. The topological polar surface area (TPSA) is 43.8 Å². The Morgan fingerprint density at radius 2 is 1.95 bits per heavy atom. The highest BCUT2D eigenvalue weighted by molar-refractivity contribution is 6.30. The number of halogens is 1. The van der Waals surface area contributed by atoms with Crippen molar-refractivity contribution in [3.8, 4) is 0 Å². The summed E-state index contributed by atoms with van der Waals surface area (Å²) in [5.74, 6) is -0.243. The van der Waals surface area contributed by atoms with Crippen molar-refractivity contribution in [2.75, 3.05) is 18.5 Å². The number of likely N-dealkylation sites (tertiary alicyclic amines) is 1. The monoisotopic (exact) mass is 308 g/mol. The first-order valence-electron chi connectivity index (χ1n) is 7.12. The molecular weight excluding hydrogens is 288 g/mol. The zero-order valence-corrected chi connectivity index (χ0v) is 13.8. The Morgan fingerprint density at radius 1 is 1.33 bits per heavy atom. The zero-order chi connectivity index (χ0) is 15.8. The van der Waals surface area contributed by atoms with Crippen molar-refractivity contribution in [2.24, 2.45) is 0 Å². The third-order valence-corrected chi connectivity index (χ3v) is 5.23. The molecule has 0 aromatic heterocycles. The van der Waals surface area contributed by atoms with Crippen LogP contribution in [0.1, 0.15) is 33.3 Å². The maximum absolute atomic E-state index is 12.9. The minimum Gasteiger partial charge on any atom is -0.362 e. The van der Waals surface area contributed by atoms with Crippen molar-refractivity contribution in [2.45, 2.75) is 44.4 Å². The fraction of sp³-hybridized carbons (Fsp3) is 0.562. The summed E-state index contributed by atoms with van der Waals surface area (Å²) in [6.07, 6.45) is 0. The van der Waals surface area contributed by atoms with Crippen molar-refractivity contribution in [1.29, 1.82) is 0 Å². The van der Waals surface area contributed by atoms with E-state index in [9.17, 15) is 9.90 Å². The lowest BCUT2D eigenvalue weighted by Crippen LogP contribution is -2.59. The molecule has 114 valence electrons. The van der Waals surface area contributed by atoms with E-state index in [0.29, 0.717) is 11.6 Å². The van der Waals surface area contributed by atoms with Crippen LogP contribution in [0.4, 0.5) is 5.69 Å². The average molecular weight is 309 g/mol. The molecule has 2 atom stereocenters. The first-order chi connectivity index (χ1) is 9.53. The number of hydrogen-bond acceptors (Lipinski definition) is 3. The molecule has 1 N–H and O–H groups in total. The van der Waals surface area contributed by atoms with Crippen molar-refractivity contribution >= 4 is 23.2 Å². The molecule has 1 aromatic carbocycles. The number of benzene rings is 1. The highest BCUT2D eigenvalue weighted by atomic mass is 35.5. The van der Waals surface area contributed by atoms with Gasteiger partial charge in [-0.15, -0.1) is 0 Å². The van der Waals surface area contributed by atoms with Crippen LogP contribution >= 0.6 is 11.6 Å². The Labute approximate surface area is 130 Å². The van der Waals surface area contributed by atoms with E-state index in [1.165, 1.54) is 0 Å². The summed E-state index contributed by atoms with van der Waals surface area (Å²) in [5.41, 5.74) is -0.772. The second-order valence-corrected chi connectivity index (χ2v) is 7.72. The van der Waals surface area contributed by atoms with Gasteiger partial charge in [0.05, 0.1) is 5.41 Å². The van der Waals surface area contributed by atoms with Crippen molar-refractivity contribution < 1.29 is 9.90 Å². The minimum atomic E-state index is -1.55. The van der Waals surface area contributed by atoms with Gasteiger partial charge in [0.15, 0.2) is 0 Å². The molecule has 0 saturated carbocycles. The summed E-state index contributed by atoms with van der Waals surface area (Å²) in [4.78, 5) is 16.4. The predicted octanol–water partition coefficient (Wildman–Crippen LogP) is 2.38. The van der Waals surface area contributed by atoms with E-state index in [-0.39, 0.29) is 11.4 Å². The Balaban J connectivity index is 2.22. The Kier molecular flexibility index (Phi) is 2.74. The van der Waals surface area contributed by atoms with Crippen LogP contribution in [0, 0.1) is 0 Å². The second kappa shape index (κ2) is 3.93. The lowest BCUT2D eigenvalue weighted by molar-refractivity contribution is -0.148. The third kappa shape index (κ3) is 1.58. The summed E-state index contributed by atoms with van der Waals surface area (Å²) >= 11 is 6.13. The molecule has 1 amide bonds. The lowest BCUT2D eigenvalue weighted by atomic mass is 9.78. The smallest absolute Gasteiger partial charge is 0.277 e. The highest BCUT2D eigenvalue weighted by Crippen LogP contribution is 2.55. The van der Waals surface area contributed by atoms with E-state index in [2.05, 4.69) is 0 Å². The van der Waals surface area contributed by atoms with Gasteiger partial charge in [0.2, 0.25) is 5.72 Å². The standard InChI is InChI=1S/C16H21ClN2O2/c1-14(2,3)19-9-15(4)11-8-10(17)6-7-12(11)18(5)16(15,21)13(19)20/h6-8,21H,9H2,1-5H3/t15-,16-/m1/s1. The second-order valence-electron chi connectivity index (χ2n) is 7.29. The number of nitrogens with zero attached hydrogens (tertiary/aromatic N) is 2. The number of carbonyl (C=O) groups is 1. The normalized spacial score (nSPS) is 31.7. The molecule has 0 radical (unpaired) electrons. The molecule has 5 heteroatoms. The number of hydrogen-bond donors (Lipinski definition) is 1. The quantitative estimate of drug-likeness (QED) is 0.800. The molecule has 3 rings (SSSR count). The number of aliphatic hydroxyl groups is 1. The van der Waals surface area contributed by atoms with Crippen LogP contribution in [0.3, 0.4) is 0 Å². The number of anilines is 1. The maximum Gasteiger partial charge on any atom is 0.277 e. The minimum absolute atomic E-state index is 0.243. The van der Waals surface area contributed by atoms with E-state index in [4.69, 9.17) is 11.6 Å². The van der Waals surface area contributed by atoms with Crippen molar-refractivity contribution in [3.05, 3.63) is 28.8 Å². The molecule has 21 heavy (non-hydrogen) atoms. The molecule has 2 heterocycles. The molecule has 0 unspecified atom stereocenters. The fourth-order valence-corrected chi connectivity index (χ4v) is 3.84. The summed E-state index contributed by atoms with van der Waals surface area (Å²) in [6, 6.07) is 5.52. The van der Waals surface area contributed by atoms with E-state index in [1.54, 1.807) is 22.9 Å². The van der Waals surface area contributed by atoms with E-state index >= 15 is 0 Å². The molecule has 1 aromatic rings. The largest absolute Gasteiger partial charge is 0.362 e. The molecule has 0 bridgehead atoms. The van der Waals surface area contributed by atoms with Gasteiger partial charge in [0, 0.05) is 29.8 Å². The maximum atomic E-state index is 12.9. The van der Waals surface area contributed by atoms with Gasteiger partial charge in [-0.2, -0.15) is 0 Å². The van der Waals surface area contributed by atoms with Gasteiger partial charge in [0.1, 0.15) is 0 Å². The van der Waals surface area contributed by atoms with Gasteiger partial charge < -0.3 is 14.9 Å². The highest BCUT2D eigenvalue weighted by Gasteiger charge is 2.69. The number of amides is 1. The van der Waals surface area contributed by atoms with Gasteiger partial charge in [-0.3, -0.25) is 4.79 Å². The number of carbonyl (C=O) groups excluding carboxylic acids is 1. The first kappa shape index (κ1) is 14.7. The lowest BCUT2D eigenvalue weighted by Gasteiger charge is -2.36. The molecule has 2 aliphatic rings. The Morgan fingerprint density at radius 3 is 2.52 bits per heavy atom. The van der Waals surface area contributed by atoms with Crippen molar-refractivity contribution in [3.63, 3.8) is 0 Å². The predicted molar refractivity (Wildman–Crippen MR) is 83.6 cm³/mol. The first-order valence-corrected chi connectivity index (χ1v) is 7.49. The number of fused-ring (bicyclic) bond motifs is 3. The van der Waals surface area contributed by atoms with Gasteiger partial charge in [-0.1, -0.05) is 11.6 Å². The van der Waals surface area contributed by atoms with Crippen LogP contribution in [0.2, 0.25) is 5.02 Å². The molecular formula is C16H21ClN2O2. The molecule has 0 aliphatic carbocycles. The van der Waals surface area contributed by atoms with Crippen molar-refractivity contribution in [1.82, 2.24) is 4.90 Å². The van der Waals surface area contributed by atoms with Crippen LogP contribution in [0.5, 0.6) is 0 Å². The van der Waals surface area contributed by atoms with Crippen LogP contribution in [0.25, 0.3) is 0 Å². The van der Waals surface area contributed by atoms with E-state index in [0.717, 1.165) is 11.3 Å². The van der Waals surface area contributed by atoms with Gasteiger partial charge in [0.25, 0.3) is 5.91 Å². The van der Waals surface area contributed by atoms with Gasteiger partial charge in [-0.25, -0.2) is 0 Å². The SMILES string of the molecule is CN1c2ccc(Cl)cc2[C@@]2(C)CN(C(C)(C)C)C(=O)[C@]12O. The van der Waals surface area contributed by atoms with Crippen LogP contribution in [0.15, 0.2) is 18.2 Å². The molecule has 2 aliphatic heterocycles.